The van der Waals surface area contributed by atoms with E-state index in [1.165, 1.54) is 16.9 Å². The minimum absolute atomic E-state index is 0.0359. The Hall–Kier alpha value is -1.57. The van der Waals surface area contributed by atoms with Crippen LogP contribution in [0.3, 0.4) is 0 Å². The number of nitrogens with zero attached hydrogens (tertiary/aromatic N) is 2. The Morgan fingerprint density at radius 2 is 1.93 bits per heavy atom. The molecule has 1 aromatic heterocycles. The van der Waals surface area contributed by atoms with Gasteiger partial charge in [0.2, 0.25) is 5.91 Å². The van der Waals surface area contributed by atoms with E-state index in [4.69, 9.17) is 11.5 Å². The number of rotatable bonds is 5. The molecule has 27 heavy (non-hydrogen) atoms. The van der Waals surface area contributed by atoms with E-state index in [0.717, 1.165) is 18.5 Å². The first-order valence-corrected chi connectivity index (χ1v) is 11.3. The van der Waals surface area contributed by atoms with Gasteiger partial charge < -0.3 is 16.4 Å². The fourth-order valence-corrected chi connectivity index (χ4v) is 4.70. The highest BCUT2D eigenvalue weighted by Gasteiger charge is 2.42. The van der Waals surface area contributed by atoms with Gasteiger partial charge in [-0.25, -0.2) is 4.98 Å². The first-order chi connectivity index (χ1) is 12.8. The Morgan fingerprint density at radius 1 is 1.30 bits per heavy atom. The Bertz CT molecular complexity index is 782. The number of hydrogen-bond acceptors (Lipinski definition) is 6. The van der Waals surface area contributed by atoms with Crippen molar-refractivity contribution in [3.8, 4) is 0 Å². The first kappa shape index (κ1) is 20.2. The summed E-state index contributed by atoms with van der Waals surface area (Å²) in [6.07, 6.45) is 3.63. The van der Waals surface area contributed by atoms with Gasteiger partial charge in [-0.2, -0.15) is 11.8 Å². The summed E-state index contributed by atoms with van der Waals surface area (Å²) in [6.45, 7) is 5.39. The van der Waals surface area contributed by atoms with Crippen molar-refractivity contribution < 1.29 is 4.79 Å². The Labute approximate surface area is 169 Å². The van der Waals surface area contributed by atoms with Gasteiger partial charge in [-0.3, -0.25) is 4.79 Å². The maximum atomic E-state index is 12.9. The van der Waals surface area contributed by atoms with Crippen molar-refractivity contribution in [2.45, 2.75) is 42.9 Å². The zero-order valence-electron chi connectivity index (χ0n) is 16.1. The Kier molecular flexibility index (Phi) is 5.84. The number of carbonyl (C=O) groups is 1. The zero-order chi connectivity index (χ0) is 19.7. The van der Waals surface area contributed by atoms with E-state index in [0.29, 0.717) is 18.2 Å². The number of piperidine rings is 1. The van der Waals surface area contributed by atoms with Crippen molar-refractivity contribution in [2.24, 2.45) is 5.73 Å². The largest absolute Gasteiger partial charge is 0.375 e. The molecule has 4 N–H and O–H groups in total. The van der Waals surface area contributed by atoms with Gasteiger partial charge >= 0.3 is 0 Å². The van der Waals surface area contributed by atoms with Crippen molar-refractivity contribution in [3.05, 3.63) is 47.0 Å². The minimum atomic E-state index is -0.508. The third-order valence-electron chi connectivity index (χ3n) is 5.81. The fourth-order valence-electron chi connectivity index (χ4n) is 3.69. The number of thiazole rings is 1. The van der Waals surface area contributed by atoms with Crippen LogP contribution < -0.4 is 11.5 Å². The van der Waals surface area contributed by atoms with Crippen LogP contribution in [0.25, 0.3) is 0 Å². The van der Waals surface area contributed by atoms with Gasteiger partial charge in [-0.15, -0.1) is 11.3 Å². The van der Waals surface area contributed by atoms with Crippen molar-refractivity contribution >= 4 is 34.1 Å². The molecule has 0 aliphatic carbocycles. The maximum absolute atomic E-state index is 12.9. The Morgan fingerprint density at radius 3 is 2.44 bits per heavy atom. The number of carbonyl (C=O) groups excluding carboxylic acids is 1. The van der Waals surface area contributed by atoms with Gasteiger partial charge in [-0.05, 0) is 38.5 Å². The molecule has 7 heteroatoms. The van der Waals surface area contributed by atoms with Gasteiger partial charge in [0.15, 0.2) is 5.13 Å². The van der Waals surface area contributed by atoms with Gasteiger partial charge in [0, 0.05) is 28.6 Å². The van der Waals surface area contributed by atoms with Gasteiger partial charge in [0.05, 0.1) is 11.7 Å². The molecule has 1 aromatic carbocycles. The predicted octanol–water partition coefficient (Wildman–Crippen LogP) is 3.10. The number of amides is 1. The molecule has 3 rings (SSSR count). The monoisotopic (exact) mass is 404 g/mol. The molecule has 1 fully saturated rings. The molecule has 1 atom stereocenters. The van der Waals surface area contributed by atoms with Gasteiger partial charge in [0.25, 0.3) is 0 Å². The summed E-state index contributed by atoms with van der Waals surface area (Å²) in [5.74, 6) is 0.0359. The molecular formula is C20H28N4OS2. The minimum Gasteiger partial charge on any atom is -0.375 e. The molecule has 1 aliphatic rings. The van der Waals surface area contributed by atoms with Crippen molar-refractivity contribution in [3.63, 3.8) is 0 Å². The van der Waals surface area contributed by atoms with E-state index in [9.17, 15) is 4.79 Å². The quantitative estimate of drug-likeness (QED) is 0.800. The molecule has 1 aliphatic heterocycles. The number of aromatic nitrogens is 1. The summed E-state index contributed by atoms with van der Waals surface area (Å²) in [5.41, 5.74) is 14.3. The molecule has 5 nitrogen and oxygen atoms in total. The highest BCUT2D eigenvalue weighted by atomic mass is 32.2. The molecule has 0 radical (unpaired) electrons. The third-order valence-corrected chi connectivity index (χ3v) is 7.79. The number of likely N-dealkylation sites (tertiary alicyclic amines) is 1. The molecule has 146 valence electrons. The molecule has 0 saturated carbocycles. The topological polar surface area (TPSA) is 85.2 Å². The lowest BCUT2D eigenvalue weighted by Gasteiger charge is -2.43. The van der Waals surface area contributed by atoms with Crippen LogP contribution in [0.5, 0.6) is 0 Å². The van der Waals surface area contributed by atoms with E-state index in [1.54, 1.807) is 11.8 Å². The SMILES string of the molecule is CSC(C)(C)[C@H](N)C(=O)N1CCC(c2ccccc2)(c2csc(N)n2)CC1. The number of anilines is 1. The molecule has 0 spiro atoms. The second-order valence-electron chi connectivity index (χ2n) is 7.63. The summed E-state index contributed by atoms with van der Waals surface area (Å²) in [6, 6.07) is 9.93. The number of nitrogen functional groups attached to an aromatic ring is 1. The van der Waals surface area contributed by atoms with Gasteiger partial charge in [-0.1, -0.05) is 30.3 Å². The lowest BCUT2D eigenvalue weighted by atomic mass is 9.70. The second-order valence-corrected chi connectivity index (χ2v) is 9.98. The first-order valence-electron chi connectivity index (χ1n) is 9.17. The summed E-state index contributed by atoms with van der Waals surface area (Å²) in [7, 11) is 0. The molecule has 0 bridgehead atoms. The summed E-state index contributed by atoms with van der Waals surface area (Å²) >= 11 is 3.10. The standard InChI is InChI=1S/C20H28N4OS2/c1-19(2,26-3)16(21)17(25)24-11-9-20(10-12-24,14-7-5-4-6-8-14)15-13-27-18(22)23-15/h4-8,13,16H,9-12,21H2,1-3H3,(H2,22,23)/t16-/m1/s1. The summed E-state index contributed by atoms with van der Waals surface area (Å²) in [4.78, 5) is 19.5. The molecule has 2 aromatic rings. The van der Waals surface area contributed by atoms with Crippen LogP contribution in [0.4, 0.5) is 5.13 Å². The maximum Gasteiger partial charge on any atom is 0.240 e. The van der Waals surface area contributed by atoms with Crippen LogP contribution in [-0.2, 0) is 10.2 Å². The number of thioether (sulfide) groups is 1. The highest BCUT2D eigenvalue weighted by Crippen LogP contribution is 2.42. The average Bonchev–Trinajstić information content (AvgIpc) is 3.14. The molecule has 1 amide bonds. The predicted molar refractivity (Wildman–Crippen MR) is 115 cm³/mol. The van der Waals surface area contributed by atoms with E-state index in [1.807, 2.05) is 31.1 Å². The van der Waals surface area contributed by atoms with Crippen LogP contribution in [0.1, 0.15) is 37.9 Å². The van der Waals surface area contributed by atoms with Crippen molar-refractivity contribution in [1.82, 2.24) is 9.88 Å². The molecule has 2 heterocycles. The fraction of sp³-hybridized carbons (Fsp3) is 0.500. The molecule has 1 saturated heterocycles. The molecule has 0 unspecified atom stereocenters. The number of hydrogen-bond donors (Lipinski definition) is 2. The van der Waals surface area contributed by atoms with Crippen LogP contribution >= 0.6 is 23.1 Å². The normalized spacial score (nSPS) is 18.3. The lowest BCUT2D eigenvalue weighted by molar-refractivity contribution is -0.134. The van der Waals surface area contributed by atoms with Crippen LogP contribution in [0.15, 0.2) is 35.7 Å². The van der Waals surface area contributed by atoms with Crippen molar-refractivity contribution in [1.29, 1.82) is 0 Å². The Balaban J connectivity index is 1.84. The van der Waals surface area contributed by atoms with Crippen LogP contribution in [0.2, 0.25) is 0 Å². The van der Waals surface area contributed by atoms with E-state index < -0.39 is 6.04 Å². The smallest absolute Gasteiger partial charge is 0.240 e. The number of nitrogens with two attached hydrogens (primary N) is 2. The van der Waals surface area contributed by atoms with Crippen LogP contribution in [0, 0.1) is 0 Å². The van der Waals surface area contributed by atoms with E-state index in [-0.39, 0.29) is 16.1 Å². The summed E-state index contributed by atoms with van der Waals surface area (Å²) in [5, 5.41) is 2.64. The molecular weight excluding hydrogens is 376 g/mol. The van der Waals surface area contributed by atoms with E-state index >= 15 is 0 Å². The zero-order valence-corrected chi connectivity index (χ0v) is 17.8. The highest BCUT2D eigenvalue weighted by molar-refractivity contribution is 8.00. The third kappa shape index (κ3) is 3.86. The lowest BCUT2D eigenvalue weighted by Crippen LogP contribution is -2.56. The summed E-state index contributed by atoms with van der Waals surface area (Å²) < 4.78 is -0.283. The van der Waals surface area contributed by atoms with Crippen molar-refractivity contribution in [2.75, 3.05) is 25.1 Å². The van der Waals surface area contributed by atoms with Gasteiger partial charge in [0.1, 0.15) is 0 Å². The van der Waals surface area contributed by atoms with Crippen LogP contribution in [-0.4, -0.2) is 45.9 Å². The second kappa shape index (κ2) is 7.81. The van der Waals surface area contributed by atoms with E-state index in [2.05, 4.69) is 34.6 Å². The average molecular weight is 405 g/mol. The number of benzene rings is 1.